The number of nitrogens with two attached hydrogens (primary N) is 1. The van der Waals surface area contributed by atoms with E-state index in [1.807, 2.05) is 30.3 Å². The van der Waals surface area contributed by atoms with E-state index in [1.54, 1.807) is 6.08 Å². The van der Waals surface area contributed by atoms with Crippen LogP contribution in [0, 0.1) is 0 Å². The van der Waals surface area contributed by atoms with Gasteiger partial charge in [0.25, 0.3) is 5.91 Å². The lowest BCUT2D eigenvalue weighted by molar-refractivity contribution is -0.143. The first-order chi connectivity index (χ1) is 12.8. The van der Waals surface area contributed by atoms with Crippen LogP contribution in [-0.4, -0.2) is 50.6 Å². The number of benzene rings is 1. The Bertz CT molecular complexity index is 810. The maximum absolute atomic E-state index is 12.5. The highest BCUT2D eigenvalue weighted by molar-refractivity contribution is 8.26. The van der Waals surface area contributed by atoms with Crippen molar-refractivity contribution >= 4 is 58.1 Å². The van der Waals surface area contributed by atoms with Crippen LogP contribution in [0.4, 0.5) is 0 Å². The number of carboxylic acid groups (broad SMARTS) is 1. The third kappa shape index (κ3) is 5.90. The molecule has 3 amide bonds. The number of thiocarbonyl (C=S) groups is 1. The number of thioether (sulfide) groups is 1. The minimum Gasteiger partial charge on any atom is -0.480 e. The van der Waals surface area contributed by atoms with Gasteiger partial charge in [0.15, 0.2) is 0 Å². The molecular formula is C17H17N3O5S2. The van der Waals surface area contributed by atoms with Gasteiger partial charge in [-0.25, -0.2) is 4.79 Å². The maximum Gasteiger partial charge on any atom is 0.326 e. The molecule has 0 bridgehead atoms. The lowest BCUT2D eigenvalue weighted by Gasteiger charge is -2.16. The molecule has 1 aliphatic rings. The Morgan fingerprint density at radius 1 is 1.30 bits per heavy atom. The Kier molecular flexibility index (Phi) is 7.08. The Morgan fingerprint density at radius 2 is 1.96 bits per heavy atom. The topological polar surface area (TPSA) is 130 Å². The molecule has 2 rings (SSSR count). The van der Waals surface area contributed by atoms with Crippen LogP contribution in [0.2, 0.25) is 0 Å². The van der Waals surface area contributed by atoms with Gasteiger partial charge < -0.3 is 16.2 Å². The molecule has 0 aromatic heterocycles. The van der Waals surface area contributed by atoms with E-state index in [0.29, 0.717) is 9.23 Å². The summed E-state index contributed by atoms with van der Waals surface area (Å²) in [7, 11) is 0. The SMILES string of the molecule is NC(=O)C[C@@H](NC(=O)CCN1C(=O)/C(=C\c2ccccc2)SC1=S)C(=O)O. The summed E-state index contributed by atoms with van der Waals surface area (Å²) in [5.41, 5.74) is 5.82. The summed E-state index contributed by atoms with van der Waals surface area (Å²) >= 11 is 6.33. The summed E-state index contributed by atoms with van der Waals surface area (Å²) in [4.78, 5) is 48.1. The van der Waals surface area contributed by atoms with Gasteiger partial charge in [0, 0.05) is 13.0 Å². The number of aliphatic carboxylic acids is 1. The third-order valence-electron chi connectivity index (χ3n) is 3.57. The first-order valence-corrected chi connectivity index (χ1v) is 9.11. The van der Waals surface area contributed by atoms with E-state index in [2.05, 4.69) is 5.32 Å². The van der Waals surface area contributed by atoms with E-state index >= 15 is 0 Å². The fourth-order valence-corrected chi connectivity index (χ4v) is 3.58. The highest BCUT2D eigenvalue weighted by Crippen LogP contribution is 2.32. The molecule has 1 fully saturated rings. The van der Waals surface area contributed by atoms with Gasteiger partial charge in [-0.2, -0.15) is 0 Å². The number of rotatable bonds is 8. The van der Waals surface area contributed by atoms with Crippen LogP contribution in [0.25, 0.3) is 6.08 Å². The molecule has 10 heteroatoms. The Balaban J connectivity index is 1.95. The van der Waals surface area contributed by atoms with Gasteiger partial charge in [-0.15, -0.1) is 0 Å². The fourth-order valence-electron chi connectivity index (χ4n) is 2.27. The molecule has 1 saturated heterocycles. The standard InChI is InChI=1S/C17H17N3O5S2/c18-13(21)9-11(16(24)25)19-14(22)6-7-20-15(23)12(27-17(20)26)8-10-4-2-1-3-5-10/h1-5,8,11H,6-7,9H2,(H2,18,21)(H,19,22)(H,24,25)/b12-8+/t11-/m1/s1. The number of nitrogens with one attached hydrogen (secondary N) is 1. The molecule has 0 unspecified atom stereocenters. The van der Waals surface area contributed by atoms with E-state index in [1.165, 1.54) is 4.90 Å². The van der Waals surface area contributed by atoms with Crippen molar-refractivity contribution in [3.8, 4) is 0 Å². The largest absolute Gasteiger partial charge is 0.480 e. The van der Waals surface area contributed by atoms with E-state index < -0.39 is 30.2 Å². The van der Waals surface area contributed by atoms with Crippen molar-refractivity contribution in [2.45, 2.75) is 18.9 Å². The molecule has 1 heterocycles. The smallest absolute Gasteiger partial charge is 0.326 e. The summed E-state index contributed by atoms with van der Waals surface area (Å²) in [6.45, 7) is 0.00550. The van der Waals surface area contributed by atoms with Crippen molar-refractivity contribution in [2.75, 3.05) is 6.54 Å². The van der Waals surface area contributed by atoms with Crippen LogP contribution in [0.3, 0.4) is 0 Å². The summed E-state index contributed by atoms with van der Waals surface area (Å²) in [6.07, 6.45) is 1.04. The molecule has 1 aromatic carbocycles. The van der Waals surface area contributed by atoms with Crippen LogP contribution >= 0.6 is 24.0 Å². The van der Waals surface area contributed by atoms with Crippen LogP contribution in [-0.2, 0) is 19.2 Å². The second-order valence-electron chi connectivity index (χ2n) is 5.62. The normalized spacial score (nSPS) is 16.4. The second-order valence-corrected chi connectivity index (χ2v) is 7.30. The van der Waals surface area contributed by atoms with Crippen molar-refractivity contribution in [1.82, 2.24) is 10.2 Å². The molecule has 4 N–H and O–H groups in total. The highest BCUT2D eigenvalue weighted by atomic mass is 32.2. The first-order valence-electron chi connectivity index (χ1n) is 7.89. The molecule has 1 aliphatic heterocycles. The van der Waals surface area contributed by atoms with Crippen molar-refractivity contribution < 1.29 is 24.3 Å². The van der Waals surface area contributed by atoms with Gasteiger partial charge in [-0.3, -0.25) is 19.3 Å². The summed E-state index contributed by atoms with van der Waals surface area (Å²) < 4.78 is 0.321. The van der Waals surface area contributed by atoms with Crippen molar-refractivity contribution in [3.63, 3.8) is 0 Å². The van der Waals surface area contributed by atoms with Gasteiger partial charge in [0.2, 0.25) is 11.8 Å². The predicted octanol–water partition coefficient (Wildman–Crippen LogP) is 0.723. The lowest BCUT2D eigenvalue weighted by atomic mass is 10.2. The average Bonchev–Trinajstić information content (AvgIpc) is 2.86. The first kappa shape index (κ1) is 20.6. The number of hydrogen-bond donors (Lipinski definition) is 3. The van der Waals surface area contributed by atoms with Crippen LogP contribution in [0.1, 0.15) is 18.4 Å². The summed E-state index contributed by atoms with van der Waals surface area (Å²) in [6, 6.07) is 7.86. The summed E-state index contributed by atoms with van der Waals surface area (Å²) in [5.74, 6) is -3.14. The number of amides is 3. The van der Waals surface area contributed by atoms with Crippen LogP contribution in [0.5, 0.6) is 0 Å². The molecule has 1 atom stereocenters. The zero-order valence-electron chi connectivity index (χ0n) is 14.1. The number of carboxylic acids is 1. The van der Waals surface area contributed by atoms with Gasteiger partial charge in [-0.05, 0) is 11.6 Å². The highest BCUT2D eigenvalue weighted by Gasteiger charge is 2.32. The van der Waals surface area contributed by atoms with E-state index in [0.717, 1.165) is 17.3 Å². The molecule has 0 aliphatic carbocycles. The maximum atomic E-state index is 12.5. The van der Waals surface area contributed by atoms with Crippen molar-refractivity contribution in [1.29, 1.82) is 0 Å². The Morgan fingerprint density at radius 3 is 2.56 bits per heavy atom. The quantitative estimate of drug-likeness (QED) is 0.428. The minimum absolute atomic E-state index is 0.00550. The number of nitrogens with zero attached hydrogens (tertiary/aromatic N) is 1. The molecule has 0 spiro atoms. The Labute approximate surface area is 164 Å². The van der Waals surface area contributed by atoms with Gasteiger partial charge in [0.05, 0.1) is 11.3 Å². The Hall–Kier alpha value is -2.72. The fraction of sp³-hybridized carbons (Fsp3) is 0.235. The molecular weight excluding hydrogens is 390 g/mol. The molecule has 1 aromatic rings. The van der Waals surface area contributed by atoms with Gasteiger partial charge in [0.1, 0.15) is 10.4 Å². The molecule has 0 radical (unpaired) electrons. The van der Waals surface area contributed by atoms with Gasteiger partial charge >= 0.3 is 5.97 Å². The second kappa shape index (κ2) is 9.28. The van der Waals surface area contributed by atoms with Crippen LogP contribution < -0.4 is 11.1 Å². The van der Waals surface area contributed by atoms with E-state index in [-0.39, 0.29) is 18.9 Å². The van der Waals surface area contributed by atoms with Crippen LogP contribution in [0.15, 0.2) is 35.2 Å². The predicted molar refractivity (Wildman–Crippen MR) is 104 cm³/mol. The lowest BCUT2D eigenvalue weighted by Crippen LogP contribution is -2.44. The summed E-state index contributed by atoms with van der Waals surface area (Å²) in [5, 5.41) is 11.2. The average molecular weight is 407 g/mol. The number of carbonyl (C=O) groups is 4. The molecule has 27 heavy (non-hydrogen) atoms. The number of carbonyl (C=O) groups excluding carboxylic acids is 3. The third-order valence-corrected chi connectivity index (χ3v) is 4.95. The van der Waals surface area contributed by atoms with Crippen molar-refractivity contribution in [2.24, 2.45) is 5.73 Å². The molecule has 8 nitrogen and oxygen atoms in total. The van der Waals surface area contributed by atoms with E-state index in [4.69, 9.17) is 23.1 Å². The zero-order valence-corrected chi connectivity index (χ0v) is 15.7. The molecule has 0 saturated carbocycles. The van der Waals surface area contributed by atoms with E-state index in [9.17, 15) is 19.2 Å². The van der Waals surface area contributed by atoms with Gasteiger partial charge in [-0.1, -0.05) is 54.3 Å². The minimum atomic E-state index is -1.40. The monoisotopic (exact) mass is 407 g/mol. The molecule has 142 valence electrons. The van der Waals surface area contributed by atoms with Crippen molar-refractivity contribution in [3.05, 3.63) is 40.8 Å². The number of primary amides is 1. The zero-order chi connectivity index (χ0) is 20.0. The number of hydrogen-bond acceptors (Lipinski definition) is 6.